The number of fused-ring (bicyclic) bond motifs is 1. The summed E-state index contributed by atoms with van der Waals surface area (Å²) in [5.41, 5.74) is 0. The molecule has 2 fully saturated rings. The average Bonchev–Trinajstić information content (AvgIpc) is 3.31. The van der Waals surface area contributed by atoms with Gasteiger partial charge in [0, 0.05) is 13.8 Å². The Kier molecular flexibility index (Phi) is 2.32. The molecule has 2 aliphatic rings. The second kappa shape index (κ2) is 3.87. The normalized spacial score (nSPS) is 31.1. The molecule has 2 aromatic carbocycles. The number of epoxide rings is 2. The predicted molar refractivity (Wildman–Crippen MR) is 73.9 cm³/mol. The van der Waals surface area contributed by atoms with Crippen LogP contribution in [0.1, 0.15) is 13.8 Å². The topological polar surface area (TPSA) is 43.5 Å². The first-order valence-corrected chi connectivity index (χ1v) is 6.74. The molecule has 0 radical (unpaired) electrons. The summed E-state index contributed by atoms with van der Waals surface area (Å²) in [4.78, 5) is 0. The van der Waals surface area contributed by atoms with Gasteiger partial charge in [0.2, 0.25) is 11.6 Å². The zero-order valence-corrected chi connectivity index (χ0v) is 11.5. The van der Waals surface area contributed by atoms with Crippen molar-refractivity contribution in [2.24, 2.45) is 0 Å². The fourth-order valence-electron chi connectivity index (χ4n) is 2.15. The van der Waals surface area contributed by atoms with E-state index in [0.29, 0.717) is 13.2 Å². The summed E-state index contributed by atoms with van der Waals surface area (Å²) in [5, 5.41) is 2.22. The van der Waals surface area contributed by atoms with Crippen LogP contribution in [0.3, 0.4) is 0 Å². The van der Waals surface area contributed by atoms with E-state index in [1.54, 1.807) is 0 Å². The molecule has 2 heterocycles. The second-order valence-corrected chi connectivity index (χ2v) is 5.72. The SMILES string of the molecule is CC1(Oc2ccc3cc(OC4(C)CO4)ccc3c2)CO1. The molecule has 0 aliphatic carbocycles. The van der Waals surface area contributed by atoms with Gasteiger partial charge in [-0.2, -0.15) is 0 Å². The van der Waals surface area contributed by atoms with Gasteiger partial charge in [-0.25, -0.2) is 0 Å². The maximum absolute atomic E-state index is 5.77. The molecule has 2 unspecified atom stereocenters. The van der Waals surface area contributed by atoms with E-state index in [1.165, 1.54) is 0 Å². The average molecular weight is 272 g/mol. The minimum atomic E-state index is -0.436. The van der Waals surface area contributed by atoms with Crippen molar-refractivity contribution in [3.05, 3.63) is 36.4 Å². The van der Waals surface area contributed by atoms with Crippen LogP contribution < -0.4 is 9.47 Å². The second-order valence-electron chi connectivity index (χ2n) is 5.72. The quantitative estimate of drug-likeness (QED) is 0.802. The van der Waals surface area contributed by atoms with Gasteiger partial charge in [-0.1, -0.05) is 12.1 Å². The van der Waals surface area contributed by atoms with Crippen LogP contribution in [0, 0.1) is 0 Å². The summed E-state index contributed by atoms with van der Waals surface area (Å²) >= 11 is 0. The van der Waals surface area contributed by atoms with Gasteiger partial charge in [-0.05, 0) is 35.0 Å². The van der Waals surface area contributed by atoms with Crippen LogP contribution in [-0.4, -0.2) is 24.8 Å². The van der Waals surface area contributed by atoms with E-state index in [-0.39, 0.29) is 0 Å². The summed E-state index contributed by atoms with van der Waals surface area (Å²) in [6.07, 6.45) is 0. The summed E-state index contributed by atoms with van der Waals surface area (Å²) in [6.45, 7) is 5.17. The number of benzene rings is 2. The monoisotopic (exact) mass is 272 g/mol. The molecule has 0 saturated carbocycles. The van der Waals surface area contributed by atoms with Gasteiger partial charge in [0.05, 0.1) is 0 Å². The van der Waals surface area contributed by atoms with Crippen molar-refractivity contribution < 1.29 is 18.9 Å². The van der Waals surface area contributed by atoms with Crippen LogP contribution >= 0.6 is 0 Å². The standard InChI is InChI=1S/C16H16O4/c1-15(9-17-15)19-13-5-3-12-8-14(6-4-11(12)7-13)20-16(2)10-18-16/h3-8H,9-10H2,1-2H3. The van der Waals surface area contributed by atoms with E-state index in [0.717, 1.165) is 22.3 Å². The maximum Gasteiger partial charge on any atom is 0.231 e. The van der Waals surface area contributed by atoms with E-state index in [4.69, 9.17) is 18.9 Å². The molecule has 4 rings (SSSR count). The van der Waals surface area contributed by atoms with E-state index in [9.17, 15) is 0 Å². The number of hydrogen-bond donors (Lipinski definition) is 0. The van der Waals surface area contributed by atoms with E-state index < -0.39 is 11.6 Å². The number of hydrogen-bond acceptors (Lipinski definition) is 4. The Hall–Kier alpha value is -1.78. The molecular formula is C16H16O4. The van der Waals surface area contributed by atoms with E-state index >= 15 is 0 Å². The smallest absolute Gasteiger partial charge is 0.231 e. The molecule has 0 spiro atoms. The molecule has 2 atom stereocenters. The summed E-state index contributed by atoms with van der Waals surface area (Å²) in [5.74, 6) is 0.774. The lowest BCUT2D eigenvalue weighted by molar-refractivity contribution is 0.0796. The molecule has 104 valence electrons. The van der Waals surface area contributed by atoms with Gasteiger partial charge in [0.1, 0.15) is 24.7 Å². The third-order valence-electron chi connectivity index (χ3n) is 3.55. The minimum absolute atomic E-state index is 0.436. The van der Waals surface area contributed by atoms with Crippen molar-refractivity contribution >= 4 is 10.8 Å². The number of ether oxygens (including phenoxy) is 4. The third-order valence-corrected chi connectivity index (χ3v) is 3.55. The van der Waals surface area contributed by atoms with Crippen molar-refractivity contribution in [3.8, 4) is 11.5 Å². The van der Waals surface area contributed by atoms with Gasteiger partial charge < -0.3 is 18.9 Å². The van der Waals surface area contributed by atoms with Crippen molar-refractivity contribution in [3.63, 3.8) is 0 Å². The van der Waals surface area contributed by atoms with Gasteiger partial charge in [0.25, 0.3) is 0 Å². The third kappa shape index (κ3) is 2.32. The van der Waals surface area contributed by atoms with Gasteiger partial charge in [-0.15, -0.1) is 0 Å². The first kappa shape index (κ1) is 12.0. The molecule has 20 heavy (non-hydrogen) atoms. The van der Waals surface area contributed by atoms with Crippen LogP contribution in [-0.2, 0) is 9.47 Å². The first-order valence-electron chi connectivity index (χ1n) is 6.74. The van der Waals surface area contributed by atoms with Crippen molar-refractivity contribution in [2.45, 2.75) is 25.4 Å². The Morgan fingerprint density at radius 3 is 1.55 bits per heavy atom. The lowest BCUT2D eigenvalue weighted by Crippen LogP contribution is -2.14. The maximum atomic E-state index is 5.77. The van der Waals surface area contributed by atoms with Crippen LogP contribution in [0.15, 0.2) is 36.4 Å². The highest BCUT2D eigenvalue weighted by Crippen LogP contribution is 2.34. The lowest BCUT2D eigenvalue weighted by atomic mass is 10.1. The summed E-state index contributed by atoms with van der Waals surface area (Å²) < 4.78 is 22.0. The summed E-state index contributed by atoms with van der Waals surface area (Å²) in [7, 11) is 0. The van der Waals surface area contributed by atoms with Crippen LogP contribution in [0.2, 0.25) is 0 Å². The molecule has 4 nitrogen and oxygen atoms in total. The zero-order chi connectivity index (χ0) is 13.8. The van der Waals surface area contributed by atoms with Gasteiger partial charge in [0.15, 0.2) is 0 Å². The fraction of sp³-hybridized carbons (Fsp3) is 0.375. The highest BCUT2D eigenvalue weighted by Gasteiger charge is 2.43. The molecule has 2 aliphatic heterocycles. The lowest BCUT2D eigenvalue weighted by Gasteiger charge is -2.12. The van der Waals surface area contributed by atoms with Crippen molar-refractivity contribution in [1.29, 1.82) is 0 Å². The molecule has 0 aromatic heterocycles. The largest absolute Gasteiger partial charge is 0.460 e. The van der Waals surface area contributed by atoms with E-state index in [1.807, 2.05) is 50.2 Å². The molecule has 4 heteroatoms. The fourth-order valence-corrected chi connectivity index (χ4v) is 2.15. The Balaban J connectivity index is 1.61. The van der Waals surface area contributed by atoms with E-state index in [2.05, 4.69) is 0 Å². The van der Waals surface area contributed by atoms with Gasteiger partial charge >= 0.3 is 0 Å². The Morgan fingerprint density at radius 2 is 1.20 bits per heavy atom. The molecule has 0 amide bonds. The van der Waals surface area contributed by atoms with Crippen LogP contribution in [0.25, 0.3) is 10.8 Å². The van der Waals surface area contributed by atoms with Gasteiger partial charge in [-0.3, -0.25) is 0 Å². The predicted octanol–water partition coefficient (Wildman–Crippen LogP) is 3.09. The highest BCUT2D eigenvalue weighted by molar-refractivity contribution is 5.85. The Bertz CT molecular complexity index is 612. The molecule has 2 saturated heterocycles. The molecular weight excluding hydrogens is 256 g/mol. The Labute approximate surface area is 117 Å². The van der Waals surface area contributed by atoms with Crippen LogP contribution in [0.5, 0.6) is 11.5 Å². The highest BCUT2D eigenvalue weighted by atomic mass is 16.8. The first-order chi connectivity index (χ1) is 9.54. The van der Waals surface area contributed by atoms with Crippen molar-refractivity contribution in [1.82, 2.24) is 0 Å². The van der Waals surface area contributed by atoms with Crippen molar-refractivity contribution in [2.75, 3.05) is 13.2 Å². The molecule has 0 N–H and O–H groups in total. The molecule has 0 bridgehead atoms. The van der Waals surface area contributed by atoms with Crippen LogP contribution in [0.4, 0.5) is 0 Å². The number of rotatable bonds is 4. The molecule has 2 aromatic rings. The summed E-state index contributed by atoms with van der Waals surface area (Å²) in [6, 6.07) is 12.0. The Morgan fingerprint density at radius 1 is 0.800 bits per heavy atom. The zero-order valence-electron chi connectivity index (χ0n) is 11.5. The minimum Gasteiger partial charge on any atom is -0.460 e.